The van der Waals surface area contributed by atoms with Gasteiger partial charge in [-0.2, -0.15) is 0 Å². The van der Waals surface area contributed by atoms with E-state index in [2.05, 4.69) is 6.92 Å². The lowest BCUT2D eigenvalue weighted by atomic mass is 10.0. The van der Waals surface area contributed by atoms with Gasteiger partial charge in [0, 0.05) is 12.9 Å². The molecule has 1 atom stereocenters. The van der Waals surface area contributed by atoms with Crippen LogP contribution in [0.2, 0.25) is 0 Å². The lowest BCUT2D eigenvalue weighted by Gasteiger charge is -2.22. The van der Waals surface area contributed by atoms with E-state index in [0.29, 0.717) is 18.9 Å². The fourth-order valence-corrected chi connectivity index (χ4v) is 3.15. The van der Waals surface area contributed by atoms with Gasteiger partial charge in [-0.25, -0.2) is 9.59 Å². The molecule has 0 saturated carbocycles. The first kappa shape index (κ1) is 28.0. The first-order chi connectivity index (χ1) is 14.0. The number of halogens is 1. The molecule has 5 nitrogen and oxygen atoms in total. The number of nitrogens with zero attached hydrogens (tertiary/aromatic N) is 1. The Morgan fingerprint density at radius 1 is 0.759 bits per heavy atom. The maximum atomic E-state index is 12.0. The normalized spacial score (nSPS) is 11.9. The van der Waals surface area contributed by atoms with E-state index in [1.165, 1.54) is 75.5 Å². The second-order valence-electron chi connectivity index (χ2n) is 7.85. The van der Waals surface area contributed by atoms with Crippen LogP contribution < -0.4 is 0 Å². The number of rotatable bonds is 19. The molecule has 0 heterocycles. The average Bonchev–Trinajstić information content (AvgIpc) is 2.72. The number of hydrogen-bond donors (Lipinski definition) is 0. The molecular formula is C23H44ClNO4. The van der Waals surface area contributed by atoms with Crippen LogP contribution in [0.1, 0.15) is 104 Å². The third-order valence-electron chi connectivity index (χ3n) is 5.21. The lowest BCUT2D eigenvalue weighted by Crippen LogP contribution is -2.41. The molecule has 6 heteroatoms. The molecule has 0 N–H and O–H groups in total. The third kappa shape index (κ3) is 16.5. The maximum Gasteiger partial charge on any atom is 0.410 e. The Labute approximate surface area is 183 Å². The largest absolute Gasteiger partial charge is 0.464 e. The van der Waals surface area contributed by atoms with E-state index < -0.39 is 12.1 Å². The highest BCUT2D eigenvalue weighted by Crippen LogP contribution is 2.12. The third-order valence-corrected chi connectivity index (χ3v) is 5.47. The van der Waals surface area contributed by atoms with Crippen molar-refractivity contribution in [1.29, 1.82) is 0 Å². The van der Waals surface area contributed by atoms with Crippen LogP contribution in [-0.4, -0.2) is 49.1 Å². The van der Waals surface area contributed by atoms with Crippen molar-refractivity contribution in [3.63, 3.8) is 0 Å². The van der Waals surface area contributed by atoms with Crippen molar-refractivity contribution in [3.05, 3.63) is 0 Å². The van der Waals surface area contributed by atoms with Gasteiger partial charge in [0.15, 0.2) is 0 Å². The summed E-state index contributed by atoms with van der Waals surface area (Å²) in [7, 11) is 1.54. The Morgan fingerprint density at radius 3 is 1.69 bits per heavy atom. The Hall–Kier alpha value is -0.970. The molecule has 0 aliphatic carbocycles. The Morgan fingerprint density at radius 2 is 1.21 bits per heavy atom. The predicted octanol–water partition coefficient (Wildman–Crippen LogP) is 6.71. The number of likely N-dealkylation sites (N-methyl/N-ethyl adjacent to an activating group) is 1. The van der Waals surface area contributed by atoms with Crippen LogP contribution in [0.5, 0.6) is 0 Å². The van der Waals surface area contributed by atoms with Gasteiger partial charge in [-0.05, 0) is 19.8 Å². The fraction of sp³-hybridized carbons (Fsp3) is 0.913. The number of alkyl halides is 1. The van der Waals surface area contributed by atoms with E-state index in [4.69, 9.17) is 21.1 Å². The Bertz CT molecular complexity index is 406. The summed E-state index contributed by atoms with van der Waals surface area (Å²) in [5.74, 6) is 0.0500. The SMILES string of the molecule is CCCCCCCCCCCCCCCOC(=O)C(C)N(C)C(=O)OCCCCl. The highest BCUT2D eigenvalue weighted by molar-refractivity contribution is 6.17. The van der Waals surface area contributed by atoms with Crippen LogP contribution in [0.3, 0.4) is 0 Å². The van der Waals surface area contributed by atoms with E-state index in [1.54, 1.807) is 14.0 Å². The zero-order valence-corrected chi connectivity index (χ0v) is 19.8. The van der Waals surface area contributed by atoms with Crippen molar-refractivity contribution in [2.75, 3.05) is 26.1 Å². The smallest absolute Gasteiger partial charge is 0.410 e. The minimum absolute atomic E-state index is 0.257. The summed E-state index contributed by atoms with van der Waals surface area (Å²) < 4.78 is 10.3. The molecule has 0 rings (SSSR count). The molecule has 0 aromatic carbocycles. The number of amides is 1. The van der Waals surface area contributed by atoms with Crippen molar-refractivity contribution in [1.82, 2.24) is 4.90 Å². The second-order valence-corrected chi connectivity index (χ2v) is 8.23. The summed E-state index contributed by atoms with van der Waals surface area (Å²) >= 11 is 5.55. The molecule has 0 radical (unpaired) electrons. The van der Waals surface area contributed by atoms with Gasteiger partial charge >= 0.3 is 12.1 Å². The topological polar surface area (TPSA) is 55.8 Å². The molecule has 0 saturated heterocycles. The number of hydrogen-bond acceptors (Lipinski definition) is 4. The van der Waals surface area contributed by atoms with E-state index in [-0.39, 0.29) is 12.6 Å². The van der Waals surface area contributed by atoms with Gasteiger partial charge in [0.1, 0.15) is 6.04 Å². The monoisotopic (exact) mass is 433 g/mol. The standard InChI is InChI=1S/C23H44ClNO4/c1-4-5-6-7-8-9-10-11-12-13-14-15-16-19-28-22(26)21(2)25(3)23(27)29-20-17-18-24/h21H,4-20H2,1-3H3. The summed E-state index contributed by atoms with van der Waals surface area (Å²) in [5.41, 5.74) is 0. The lowest BCUT2D eigenvalue weighted by molar-refractivity contribution is -0.148. The van der Waals surface area contributed by atoms with E-state index in [0.717, 1.165) is 12.8 Å². The van der Waals surface area contributed by atoms with Crippen LogP contribution in [0.15, 0.2) is 0 Å². The number of carbonyl (C=O) groups excluding carboxylic acids is 2. The number of ether oxygens (including phenoxy) is 2. The zero-order valence-electron chi connectivity index (χ0n) is 19.1. The van der Waals surface area contributed by atoms with Crippen LogP contribution in [0.25, 0.3) is 0 Å². The van der Waals surface area contributed by atoms with Gasteiger partial charge < -0.3 is 9.47 Å². The highest BCUT2D eigenvalue weighted by Gasteiger charge is 2.24. The number of esters is 1. The number of unbranched alkanes of at least 4 members (excludes halogenated alkanes) is 12. The molecule has 0 fully saturated rings. The quantitative estimate of drug-likeness (QED) is 0.129. The second kappa shape index (κ2) is 20.3. The number of carbonyl (C=O) groups is 2. The summed E-state index contributed by atoms with van der Waals surface area (Å²) in [4.78, 5) is 25.1. The molecule has 1 amide bonds. The molecule has 0 aliphatic heterocycles. The molecule has 0 bridgehead atoms. The van der Waals surface area contributed by atoms with Gasteiger partial charge in [0.2, 0.25) is 0 Å². The van der Waals surface area contributed by atoms with Gasteiger partial charge in [0.25, 0.3) is 0 Å². The molecule has 0 aromatic heterocycles. The van der Waals surface area contributed by atoms with Gasteiger partial charge in [-0.15, -0.1) is 11.6 Å². The summed E-state index contributed by atoms with van der Waals surface area (Å²) in [6, 6.07) is -0.652. The Balaban J connectivity index is 3.53. The minimum atomic E-state index is -0.652. The van der Waals surface area contributed by atoms with E-state index in [1.807, 2.05) is 0 Å². The first-order valence-electron chi connectivity index (χ1n) is 11.7. The van der Waals surface area contributed by atoms with Crippen molar-refractivity contribution >= 4 is 23.7 Å². The average molecular weight is 434 g/mol. The van der Waals surface area contributed by atoms with Crippen LogP contribution in [-0.2, 0) is 14.3 Å². The Kier molecular flexibility index (Phi) is 19.6. The van der Waals surface area contributed by atoms with E-state index >= 15 is 0 Å². The molecule has 0 spiro atoms. The summed E-state index contributed by atoms with van der Waals surface area (Å²) in [6.07, 6.45) is 16.8. The maximum absolute atomic E-state index is 12.0. The molecule has 0 aromatic rings. The molecule has 1 unspecified atom stereocenters. The minimum Gasteiger partial charge on any atom is -0.464 e. The molecule has 29 heavy (non-hydrogen) atoms. The van der Waals surface area contributed by atoms with Crippen molar-refractivity contribution in [2.45, 2.75) is 110 Å². The van der Waals surface area contributed by atoms with Crippen LogP contribution in [0, 0.1) is 0 Å². The van der Waals surface area contributed by atoms with Crippen molar-refractivity contribution in [2.24, 2.45) is 0 Å². The van der Waals surface area contributed by atoms with E-state index in [9.17, 15) is 9.59 Å². The van der Waals surface area contributed by atoms with Gasteiger partial charge in [0.05, 0.1) is 13.2 Å². The summed E-state index contributed by atoms with van der Waals surface area (Å²) in [6.45, 7) is 4.58. The van der Waals surface area contributed by atoms with Gasteiger partial charge in [-0.3, -0.25) is 4.90 Å². The summed E-state index contributed by atoms with van der Waals surface area (Å²) in [5, 5.41) is 0. The van der Waals surface area contributed by atoms with Crippen LogP contribution in [0.4, 0.5) is 4.79 Å². The zero-order chi connectivity index (χ0) is 21.7. The molecular weight excluding hydrogens is 390 g/mol. The predicted molar refractivity (Wildman–Crippen MR) is 121 cm³/mol. The van der Waals surface area contributed by atoms with Crippen molar-refractivity contribution in [3.8, 4) is 0 Å². The van der Waals surface area contributed by atoms with Crippen molar-refractivity contribution < 1.29 is 19.1 Å². The molecule has 0 aliphatic rings. The molecule has 172 valence electrons. The van der Waals surface area contributed by atoms with Gasteiger partial charge in [-0.1, -0.05) is 84.0 Å². The fourth-order valence-electron chi connectivity index (χ4n) is 3.05. The first-order valence-corrected chi connectivity index (χ1v) is 12.2. The van der Waals surface area contributed by atoms with Crippen LogP contribution >= 0.6 is 11.6 Å². The highest BCUT2D eigenvalue weighted by atomic mass is 35.5.